The van der Waals surface area contributed by atoms with Gasteiger partial charge in [0.1, 0.15) is 5.82 Å². The van der Waals surface area contributed by atoms with Crippen molar-refractivity contribution < 1.29 is 0 Å². The summed E-state index contributed by atoms with van der Waals surface area (Å²) in [4.78, 5) is 11.3. The summed E-state index contributed by atoms with van der Waals surface area (Å²) in [6.07, 6.45) is 6.11. The van der Waals surface area contributed by atoms with Crippen molar-refractivity contribution in [3.63, 3.8) is 0 Å². The van der Waals surface area contributed by atoms with Crippen molar-refractivity contribution in [3.8, 4) is 0 Å². The fourth-order valence-corrected chi connectivity index (χ4v) is 3.63. The first-order valence-corrected chi connectivity index (χ1v) is 8.62. The van der Waals surface area contributed by atoms with E-state index in [2.05, 4.69) is 53.8 Å². The van der Waals surface area contributed by atoms with Gasteiger partial charge in [-0.3, -0.25) is 4.98 Å². The third-order valence-corrected chi connectivity index (χ3v) is 5.16. The molecule has 24 heavy (non-hydrogen) atoms. The Morgan fingerprint density at radius 1 is 1.04 bits per heavy atom. The zero-order valence-electron chi connectivity index (χ0n) is 14.5. The average molecular weight is 321 g/mol. The molecular weight excluding hydrogens is 298 g/mol. The van der Waals surface area contributed by atoms with E-state index in [0.717, 1.165) is 43.0 Å². The Hall–Kier alpha value is -2.43. The Balaban J connectivity index is 1.62. The van der Waals surface area contributed by atoms with Crippen molar-refractivity contribution in [1.82, 2.24) is 19.6 Å². The van der Waals surface area contributed by atoms with Crippen molar-refractivity contribution in [3.05, 3.63) is 53.1 Å². The number of nitrogens with zero attached hydrogens (tertiary/aromatic N) is 5. The monoisotopic (exact) mass is 321 g/mol. The fraction of sp³-hybridized carbons (Fsp3) is 0.421. The Labute approximate surface area is 142 Å². The van der Waals surface area contributed by atoms with Crippen LogP contribution < -0.4 is 4.90 Å². The van der Waals surface area contributed by atoms with E-state index in [1.54, 1.807) is 0 Å². The fourth-order valence-electron chi connectivity index (χ4n) is 3.63. The molecular formula is C19H23N5. The normalized spacial score (nSPS) is 16.0. The maximum absolute atomic E-state index is 4.71. The molecule has 4 heterocycles. The predicted molar refractivity (Wildman–Crippen MR) is 95.6 cm³/mol. The second kappa shape index (κ2) is 5.89. The lowest BCUT2D eigenvalue weighted by Gasteiger charge is -2.33. The number of rotatable bonds is 2. The molecule has 1 aliphatic heterocycles. The standard InChI is InChI=1S/C19H23N5/c1-13-12-18(24-19(21-13)14(2)15(3)22-24)23-10-6-17(7-11-23)16-4-8-20-9-5-16/h4-5,8-9,12,17H,6-7,10-11H2,1-3H3. The summed E-state index contributed by atoms with van der Waals surface area (Å²) in [6, 6.07) is 6.45. The SMILES string of the molecule is Cc1cc(N2CCC(c3ccncc3)CC2)n2nc(C)c(C)c2n1. The van der Waals surface area contributed by atoms with Gasteiger partial charge in [0.25, 0.3) is 0 Å². The molecule has 1 saturated heterocycles. The third kappa shape index (κ3) is 2.54. The third-order valence-electron chi connectivity index (χ3n) is 5.16. The second-order valence-corrected chi connectivity index (χ2v) is 6.74. The van der Waals surface area contributed by atoms with E-state index >= 15 is 0 Å². The minimum absolute atomic E-state index is 0.628. The quantitative estimate of drug-likeness (QED) is 0.725. The highest BCUT2D eigenvalue weighted by atomic mass is 15.4. The Morgan fingerprint density at radius 2 is 1.75 bits per heavy atom. The van der Waals surface area contributed by atoms with Crippen LogP contribution >= 0.6 is 0 Å². The van der Waals surface area contributed by atoms with E-state index in [9.17, 15) is 0 Å². The molecule has 0 N–H and O–H groups in total. The molecule has 0 saturated carbocycles. The maximum Gasteiger partial charge on any atom is 0.160 e. The van der Waals surface area contributed by atoms with E-state index < -0.39 is 0 Å². The molecule has 0 aliphatic carbocycles. The van der Waals surface area contributed by atoms with E-state index in [0.29, 0.717) is 5.92 Å². The van der Waals surface area contributed by atoms with Gasteiger partial charge in [-0.25, -0.2) is 4.98 Å². The number of anilines is 1. The zero-order valence-corrected chi connectivity index (χ0v) is 14.5. The highest BCUT2D eigenvalue weighted by Gasteiger charge is 2.23. The van der Waals surface area contributed by atoms with Gasteiger partial charge in [0.05, 0.1) is 5.69 Å². The first-order chi connectivity index (χ1) is 11.6. The number of aryl methyl sites for hydroxylation is 3. The number of piperidine rings is 1. The van der Waals surface area contributed by atoms with Crippen LogP contribution in [-0.2, 0) is 0 Å². The van der Waals surface area contributed by atoms with Crippen LogP contribution in [0, 0.1) is 20.8 Å². The van der Waals surface area contributed by atoms with Crippen LogP contribution in [0.1, 0.15) is 41.3 Å². The van der Waals surface area contributed by atoms with Crippen molar-refractivity contribution in [2.75, 3.05) is 18.0 Å². The smallest absolute Gasteiger partial charge is 0.160 e. The van der Waals surface area contributed by atoms with E-state index in [1.807, 2.05) is 16.9 Å². The molecule has 0 bridgehead atoms. The molecule has 0 spiro atoms. The molecule has 1 aliphatic rings. The van der Waals surface area contributed by atoms with Gasteiger partial charge in [-0.1, -0.05) is 0 Å². The Morgan fingerprint density at radius 3 is 2.46 bits per heavy atom. The van der Waals surface area contributed by atoms with Crippen LogP contribution in [0.4, 0.5) is 5.82 Å². The molecule has 5 heteroatoms. The lowest BCUT2D eigenvalue weighted by atomic mass is 9.90. The first-order valence-electron chi connectivity index (χ1n) is 8.62. The van der Waals surface area contributed by atoms with Gasteiger partial charge in [-0.2, -0.15) is 9.61 Å². The van der Waals surface area contributed by atoms with Crippen molar-refractivity contribution in [2.24, 2.45) is 0 Å². The second-order valence-electron chi connectivity index (χ2n) is 6.74. The van der Waals surface area contributed by atoms with Crippen LogP contribution in [0.3, 0.4) is 0 Å². The zero-order chi connectivity index (χ0) is 16.7. The molecule has 0 aromatic carbocycles. The van der Waals surface area contributed by atoms with Crippen molar-refractivity contribution >= 4 is 11.5 Å². The summed E-state index contributed by atoms with van der Waals surface area (Å²) in [5.74, 6) is 1.80. The van der Waals surface area contributed by atoms with E-state index in [-0.39, 0.29) is 0 Å². The van der Waals surface area contributed by atoms with Crippen molar-refractivity contribution in [1.29, 1.82) is 0 Å². The molecule has 5 nitrogen and oxygen atoms in total. The summed E-state index contributed by atoms with van der Waals surface area (Å²) in [5.41, 5.74) is 5.68. The van der Waals surface area contributed by atoms with Gasteiger partial charge in [-0.15, -0.1) is 0 Å². The summed E-state index contributed by atoms with van der Waals surface area (Å²) in [7, 11) is 0. The van der Waals surface area contributed by atoms with Gasteiger partial charge in [0, 0.05) is 42.8 Å². The summed E-state index contributed by atoms with van der Waals surface area (Å²) >= 11 is 0. The highest BCUT2D eigenvalue weighted by Crippen LogP contribution is 2.31. The number of pyridine rings is 1. The topological polar surface area (TPSA) is 46.3 Å². The minimum Gasteiger partial charge on any atom is -0.356 e. The summed E-state index contributed by atoms with van der Waals surface area (Å²) in [5, 5.41) is 4.71. The molecule has 0 radical (unpaired) electrons. The highest BCUT2D eigenvalue weighted by molar-refractivity contribution is 5.57. The van der Waals surface area contributed by atoms with Gasteiger partial charge in [-0.05, 0) is 57.2 Å². The number of hydrogen-bond donors (Lipinski definition) is 0. The first kappa shape index (κ1) is 15.1. The molecule has 3 aromatic rings. The Kier molecular flexibility index (Phi) is 3.71. The number of hydrogen-bond acceptors (Lipinski definition) is 4. The number of aromatic nitrogens is 4. The van der Waals surface area contributed by atoms with Crippen LogP contribution in [-0.4, -0.2) is 32.7 Å². The van der Waals surface area contributed by atoms with Crippen LogP contribution in [0.5, 0.6) is 0 Å². The van der Waals surface area contributed by atoms with Gasteiger partial charge < -0.3 is 4.90 Å². The molecule has 1 fully saturated rings. The molecule has 0 atom stereocenters. The lowest BCUT2D eigenvalue weighted by Crippen LogP contribution is -2.34. The minimum atomic E-state index is 0.628. The molecule has 0 unspecified atom stereocenters. The summed E-state index contributed by atoms with van der Waals surface area (Å²) < 4.78 is 2.02. The largest absolute Gasteiger partial charge is 0.356 e. The van der Waals surface area contributed by atoms with Gasteiger partial charge in [0.15, 0.2) is 5.65 Å². The molecule has 3 aromatic heterocycles. The van der Waals surface area contributed by atoms with E-state index in [1.165, 1.54) is 16.9 Å². The maximum atomic E-state index is 4.71. The van der Waals surface area contributed by atoms with Crippen molar-refractivity contribution in [2.45, 2.75) is 39.5 Å². The molecule has 124 valence electrons. The summed E-state index contributed by atoms with van der Waals surface area (Å²) in [6.45, 7) is 8.31. The van der Waals surface area contributed by atoms with Crippen LogP contribution in [0.15, 0.2) is 30.6 Å². The van der Waals surface area contributed by atoms with Crippen LogP contribution in [0.2, 0.25) is 0 Å². The van der Waals surface area contributed by atoms with E-state index in [4.69, 9.17) is 5.10 Å². The molecule has 0 amide bonds. The lowest BCUT2D eigenvalue weighted by molar-refractivity contribution is 0.499. The Bertz CT molecular complexity index is 860. The van der Waals surface area contributed by atoms with Gasteiger partial charge >= 0.3 is 0 Å². The molecule has 4 rings (SSSR count). The number of fused-ring (bicyclic) bond motifs is 1. The average Bonchev–Trinajstić information content (AvgIpc) is 2.90. The predicted octanol–water partition coefficient (Wildman–Crippen LogP) is 3.43. The van der Waals surface area contributed by atoms with Gasteiger partial charge in [0.2, 0.25) is 0 Å². The van der Waals surface area contributed by atoms with Crippen LogP contribution in [0.25, 0.3) is 5.65 Å².